The minimum absolute atomic E-state index is 0.0149. The smallest absolute Gasteiger partial charge is 0.278 e. The second-order valence-corrected chi connectivity index (χ2v) is 7.64. The molecular formula is C20H17FN4O3S. The highest BCUT2D eigenvalue weighted by molar-refractivity contribution is 7.10. The third-order valence-corrected chi connectivity index (χ3v) is 6.03. The summed E-state index contributed by atoms with van der Waals surface area (Å²) in [5, 5.41) is 14.0. The zero-order valence-electron chi connectivity index (χ0n) is 15.3. The monoisotopic (exact) mass is 412 g/mol. The Balaban J connectivity index is 1.46. The zero-order valence-corrected chi connectivity index (χ0v) is 16.1. The number of halogens is 1. The third-order valence-electron chi connectivity index (χ3n) is 5.02. The summed E-state index contributed by atoms with van der Waals surface area (Å²) in [6, 6.07) is 9.53. The molecule has 0 atom stereocenters. The Morgan fingerprint density at radius 3 is 2.69 bits per heavy atom. The van der Waals surface area contributed by atoms with Crippen molar-refractivity contribution >= 4 is 22.9 Å². The Bertz CT molecular complexity index is 1060. The lowest BCUT2D eigenvalue weighted by Crippen LogP contribution is -2.38. The van der Waals surface area contributed by atoms with E-state index < -0.39 is 10.9 Å². The number of pyridine rings is 1. The Labute approximate surface area is 170 Å². The van der Waals surface area contributed by atoms with Crippen molar-refractivity contribution in [3.63, 3.8) is 0 Å². The Hall–Kier alpha value is -3.20. The SMILES string of the molecule is O=C(c1cccnc1F)N1CCC(c2nc(-c3ccccc3[N+](=O)[O-])cs2)CC1. The van der Waals surface area contributed by atoms with Gasteiger partial charge in [0.25, 0.3) is 11.6 Å². The van der Waals surface area contributed by atoms with Gasteiger partial charge in [-0.1, -0.05) is 12.1 Å². The number of thiazole rings is 1. The number of hydrogen-bond acceptors (Lipinski definition) is 6. The van der Waals surface area contributed by atoms with Crippen molar-refractivity contribution in [2.45, 2.75) is 18.8 Å². The van der Waals surface area contributed by atoms with Crippen molar-refractivity contribution in [2.24, 2.45) is 0 Å². The fourth-order valence-corrected chi connectivity index (χ4v) is 4.48. The highest BCUT2D eigenvalue weighted by atomic mass is 32.1. The van der Waals surface area contributed by atoms with Crippen molar-refractivity contribution in [1.29, 1.82) is 0 Å². The Morgan fingerprint density at radius 2 is 1.97 bits per heavy atom. The molecule has 0 spiro atoms. The largest absolute Gasteiger partial charge is 0.338 e. The van der Waals surface area contributed by atoms with Gasteiger partial charge in [0.2, 0.25) is 5.95 Å². The summed E-state index contributed by atoms with van der Waals surface area (Å²) >= 11 is 1.47. The van der Waals surface area contributed by atoms with Crippen LogP contribution in [0.3, 0.4) is 0 Å². The molecule has 0 saturated carbocycles. The lowest BCUT2D eigenvalue weighted by molar-refractivity contribution is -0.384. The highest BCUT2D eigenvalue weighted by Crippen LogP contribution is 2.35. The van der Waals surface area contributed by atoms with Crippen LogP contribution in [0.15, 0.2) is 48.0 Å². The first-order valence-corrected chi connectivity index (χ1v) is 10.0. The van der Waals surface area contributed by atoms with E-state index in [0.717, 1.165) is 5.01 Å². The summed E-state index contributed by atoms with van der Waals surface area (Å²) in [4.78, 5) is 33.2. The Morgan fingerprint density at radius 1 is 1.21 bits per heavy atom. The Kier molecular flexibility index (Phi) is 5.30. The number of piperidine rings is 1. The van der Waals surface area contributed by atoms with Crippen molar-refractivity contribution in [2.75, 3.05) is 13.1 Å². The molecule has 7 nitrogen and oxygen atoms in total. The average Bonchev–Trinajstić information content (AvgIpc) is 3.24. The third kappa shape index (κ3) is 3.86. The number of aromatic nitrogens is 2. The number of likely N-dealkylation sites (tertiary alicyclic amines) is 1. The van der Waals surface area contributed by atoms with Gasteiger partial charge >= 0.3 is 0 Å². The number of carbonyl (C=O) groups excluding carboxylic acids is 1. The van der Waals surface area contributed by atoms with E-state index >= 15 is 0 Å². The van der Waals surface area contributed by atoms with E-state index in [1.165, 1.54) is 29.7 Å². The number of benzene rings is 1. The molecule has 1 aromatic carbocycles. The van der Waals surface area contributed by atoms with E-state index in [-0.39, 0.29) is 23.1 Å². The van der Waals surface area contributed by atoms with Gasteiger partial charge < -0.3 is 4.90 Å². The number of hydrogen-bond donors (Lipinski definition) is 0. The number of amides is 1. The van der Waals surface area contributed by atoms with Crippen LogP contribution in [0.4, 0.5) is 10.1 Å². The first kappa shape index (κ1) is 19.1. The number of nitrogens with zero attached hydrogens (tertiary/aromatic N) is 4. The van der Waals surface area contributed by atoms with E-state index in [1.54, 1.807) is 29.2 Å². The van der Waals surface area contributed by atoms with Gasteiger partial charge in [0.05, 0.1) is 26.8 Å². The molecule has 148 valence electrons. The quantitative estimate of drug-likeness (QED) is 0.363. The fourth-order valence-electron chi connectivity index (χ4n) is 3.49. The number of para-hydroxylation sites is 1. The summed E-state index contributed by atoms with van der Waals surface area (Å²) in [6.07, 6.45) is 2.73. The van der Waals surface area contributed by atoms with Crippen LogP contribution in [-0.4, -0.2) is 38.8 Å². The van der Waals surface area contributed by atoms with E-state index in [4.69, 9.17) is 0 Å². The number of carbonyl (C=O) groups is 1. The molecule has 0 N–H and O–H groups in total. The second-order valence-electron chi connectivity index (χ2n) is 6.75. The lowest BCUT2D eigenvalue weighted by Gasteiger charge is -2.31. The van der Waals surface area contributed by atoms with Gasteiger partial charge in [-0.2, -0.15) is 4.39 Å². The average molecular weight is 412 g/mol. The van der Waals surface area contributed by atoms with Crippen LogP contribution >= 0.6 is 11.3 Å². The van der Waals surface area contributed by atoms with Crippen molar-refractivity contribution in [3.05, 3.63) is 74.6 Å². The predicted molar refractivity (Wildman–Crippen MR) is 106 cm³/mol. The maximum absolute atomic E-state index is 13.8. The van der Waals surface area contributed by atoms with Crippen LogP contribution in [0.25, 0.3) is 11.3 Å². The molecule has 0 bridgehead atoms. The molecular weight excluding hydrogens is 395 g/mol. The van der Waals surface area contributed by atoms with E-state index in [0.29, 0.717) is 37.2 Å². The molecule has 3 aromatic rings. The topological polar surface area (TPSA) is 89.2 Å². The number of nitro benzene ring substituents is 1. The first-order valence-electron chi connectivity index (χ1n) is 9.13. The minimum atomic E-state index is -0.756. The summed E-state index contributed by atoms with van der Waals surface area (Å²) in [5.41, 5.74) is 1.11. The second kappa shape index (κ2) is 8.04. The number of nitro groups is 1. The zero-order chi connectivity index (χ0) is 20.4. The van der Waals surface area contributed by atoms with Crippen molar-refractivity contribution in [3.8, 4) is 11.3 Å². The van der Waals surface area contributed by atoms with Crippen LogP contribution in [-0.2, 0) is 0 Å². The van der Waals surface area contributed by atoms with Crippen molar-refractivity contribution in [1.82, 2.24) is 14.9 Å². The standard InChI is InChI=1S/C20H17FN4O3S/c21-18-15(5-3-9-22-18)20(26)24-10-7-13(8-11-24)19-23-16(12-29-19)14-4-1-2-6-17(14)25(27)28/h1-6,9,12-13H,7-8,10-11H2. The summed E-state index contributed by atoms with van der Waals surface area (Å²) in [5.74, 6) is -0.943. The number of rotatable bonds is 4. The van der Waals surface area contributed by atoms with E-state index in [2.05, 4.69) is 9.97 Å². The van der Waals surface area contributed by atoms with Crippen LogP contribution in [0.5, 0.6) is 0 Å². The fraction of sp³-hybridized carbons (Fsp3) is 0.250. The molecule has 0 unspecified atom stereocenters. The molecule has 4 rings (SSSR count). The molecule has 3 heterocycles. The van der Waals surface area contributed by atoms with E-state index in [9.17, 15) is 19.3 Å². The molecule has 2 aromatic heterocycles. The maximum atomic E-state index is 13.8. The van der Waals surface area contributed by atoms with Crippen LogP contribution in [0, 0.1) is 16.1 Å². The molecule has 0 aliphatic carbocycles. The van der Waals surface area contributed by atoms with Gasteiger partial charge in [-0.05, 0) is 31.0 Å². The first-order chi connectivity index (χ1) is 14.0. The summed E-state index contributed by atoms with van der Waals surface area (Å²) < 4.78 is 13.8. The van der Waals surface area contributed by atoms with Gasteiger partial charge in [-0.3, -0.25) is 14.9 Å². The van der Waals surface area contributed by atoms with Crippen molar-refractivity contribution < 1.29 is 14.1 Å². The van der Waals surface area contributed by atoms with Gasteiger partial charge in [0, 0.05) is 36.7 Å². The molecule has 1 fully saturated rings. The molecule has 29 heavy (non-hydrogen) atoms. The maximum Gasteiger partial charge on any atom is 0.278 e. The molecule has 9 heteroatoms. The van der Waals surface area contributed by atoms with Crippen LogP contribution in [0.1, 0.15) is 34.1 Å². The minimum Gasteiger partial charge on any atom is -0.338 e. The van der Waals surface area contributed by atoms with Gasteiger partial charge in [-0.25, -0.2) is 9.97 Å². The van der Waals surface area contributed by atoms with Gasteiger partial charge in [0.1, 0.15) is 0 Å². The van der Waals surface area contributed by atoms with Gasteiger partial charge in [-0.15, -0.1) is 11.3 Å². The predicted octanol–water partition coefficient (Wildman–Crippen LogP) is 4.27. The highest BCUT2D eigenvalue weighted by Gasteiger charge is 2.28. The molecule has 0 radical (unpaired) electrons. The van der Waals surface area contributed by atoms with E-state index in [1.807, 2.05) is 5.38 Å². The molecule has 1 amide bonds. The molecule has 1 aliphatic heterocycles. The van der Waals surface area contributed by atoms with Crippen LogP contribution < -0.4 is 0 Å². The lowest BCUT2D eigenvalue weighted by atomic mass is 9.97. The normalized spacial score (nSPS) is 14.7. The molecule has 1 saturated heterocycles. The molecule has 1 aliphatic rings. The van der Waals surface area contributed by atoms with Gasteiger partial charge in [0.15, 0.2) is 0 Å². The summed E-state index contributed by atoms with van der Waals surface area (Å²) in [6.45, 7) is 0.996. The summed E-state index contributed by atoms with van der Waals surface area (Å²) in [7, 11) is 0. The van der Waals surface area contributed by atoms with Crippen LogP contribution in [0.2, 0.25) is 0 Å².